The Hall–Kier alpha value is -3.11. The molecule has 3 N–H and O–H groups in total. The van der Waals surface area contributed by atoms with Gasteiger partial charge in [0.1, 0.15) is 21.4 Å². The topological polar surface area (TPSA) is 120 Å². The number of amides is 2. The van der Waals surface area contributed by atoms with Gasteiger partial charge in [-0.3, -0.25) is 14.5 Å². The Labute approximate surface area is 168 Å². The van der Waals surface area contributed by atoms with E-state index in [4.69, 9.17) is 21.7 Å². The van der Waals surface area contributed by atoms with E-state index in [1.54, 1.807) is 18.2 Å². The van der Waals surface area contributed by atoms with Crippen LogP contribution in [0.1, 0.15) is 22.5 Å². The van der Waals surface area contributed by atoms with Crippen LogP contribution in [0.3, 0.4) is 0 Å². The molecule has 0 aliphatic carbocycles. The van der Waals surface area contributed by atoms with Crippen LogP contribution in [0, 0.1) is 0 Å². The van der Waals surface area contributed by atoms with Crippen molar-refractivity contribution in [1.29, 1.82) is 0 Å². The molecule has 0 unspecified atom stereocenters. The van der Waals surface area contributed by atoms with Gasteiger partial charge >= 0.3 is 5.97 Å². The molecule has 0 bridgehead atoms. The van der Waals surface area contributed by atoms with Gasteiger partial charge in [0.15, 0.2) is 0 Å². The van der Waals surface area contributed by atoms with Gasteiger partial charge in [-0.05, 0) is 30.3 Å². The van der Waals surface area contributed by atoms with Crippen molar-refractivity contribution in [3.63, 3.8) is 0 Å². The molecular weight excluding hydrogens is 404 g/mol. The molecule has 1 aromatic heterocycles. The van der Waals surface area contributed by atoms with Crippen molar-refractivity contribution in [2.24, 2.45) is 0 Å². The monoisotopic (exact) mass is 418 g/mol. The zero-order valence-electron chi connectivity index (χ0n) is 14.2. The number of aromatic carboxylic acids is 1. The predicted molar refractivity (Wildman–Crippen MR) is 107 cm³/mol. The van der Waals surface area contributed by atoms with E-state index in [1.807, 2.05) is 0 Å². The average Bonchev–Trinajstić information content (AvgIpc) is 3.24. The lowest BCUT2D eigenvalue weighted by atomic mass is 10.1. The zero-order chi connectivity index (χ0) is 20.3. The number of nitrogens with zero attached hydrogens (tertiary/aromatic N) is 1. The molecule has 0 atom stereocenters. The van der Waals surface area contributed by atoms with Crippen molar-refractivity contribution in [3.05, 3.63) is 52.8 Å². The number of furan rings is 1. The van der Waals surface area contributed by atoms with Crippen LogP contribution >= 0.6 is 24.0 Å². The highest BCUT2D eigenvalue weighted by Gasteiger charge is 2.32. The summed E-state index contributed by atoms with van der Waals surface area (Å²) in [6.45, 7) is 0.0792. The summed E-state index contributed by atoms with van der Waals surface area (Å²) in [5.74, 6) is -1.91. The van der Waals surface area contributed by atoms with Crippen LogP contribution in [0.5, 0.6) is 5.75 Å². The first kappa shape index (κ1) is 19.6. The summed E-state index contributed by atoms with van der Waals surface area (Å²) in [4.78, 5) is 37.4. The second-order valence-corrected chi connectivity index (χ2v) is 7.36. The molecule has 2 amide bonds. The fraction of sp³-hybridized carbons (Fsp3) is 0.111. The van der Waals surface area contributed by atoms with Gasteiger partial charge in [0.05, 0.1) is 11.2 Å². The van der Waals surface area contributed by atoms with E-state index in [0.29, 0.717) is 15.0 Å². The number of nitrogens with one attached hydrogen (secondary N) is 1. The molecule has 1 aliphatic rings. The van der Waals surface area contributed by atoms with Crippen molar-refractivity contribution in [3.8, 4) is 5.75 Å². The van der Waals surface area contributed by atoms with Crippen LogP contribution in [0.2, 0.25) is 0 Å². The third-order valence-corrected chi connectivity index (χ3v) is 5.14. The van der Waals surface area contributed by atoms with Crippen molar-refractivity contribution >= 4 is 57.8 Å². The van der Waals surface area contributed by atoms with E-state index in [2.05, 4.69) is 5.32 Å². The molecule has 2 aromatic rings. The standard InChI is InChI=1S/C18H14N2O6S2/c21-13-4-3-10(8-12(13)17(24)25)19-15(22)5-6-20-16(23)14(28-18(20)27)9-11-2-1-7-26-11/h1-4,7-9,21H,5-6H2,(H,19,22)(H,24,25)/b14-9-. The maximum absolute atomic E-state index is 12.5. The summed E-state index contributed by atoms with van der Waals surface area (Å²) < 4.78 is 5.53. The molecule has 2 heterocycles. The Morgan fingerprint density at radius 3 is 2.79 bits per heavy atom. The van der Waals surface area contributed by atoms with E-state index in [0.717, 1.165) is 17.8 Å². The Kier molecular flexibility index (Phi) is 5.81. The smallest absolute Gasteiger partial charge is 0.339 e. The summed E-state index contributed by atoms with van der Waals surface area (Å²) in [6, 6.07) is 7.13. The van der Waals surface area contributed by atoms with Crippen molar-refractivity contribution in [2.45, 2.75) is 6.42 Å². The van der Waals surface area contributed by atoms with E-state index < -0.39 is 17.6 Å². The minimum absolute atomic E-state index is 0.0379. The molecule has 1 aliphatic heterocycles. The largest absolute Gasteiger partial charge is 0.507 e. The summed E-state index contributed by atoms with van der Waals surface area (Å²) in [7, 11) is 0. The van der Waals surface area contributed by atoms with Gasteiger partial charge in [-0.15, -0.1) is 0 Å². The first-order valence-corrected chi connectivity index (χ1v) is 9.22. The predicted octanol–water partition coefficient (Wildman–Crippen LogP) is 2.91. The van der Waals surface area contributed by atoms with Crippen LogP contribution in [-0.4, -0.2) is 43.8 Å². The van der Waals surface area contributed by atoms with Gasteiger partial charge in [-0.25, -0.2) is 4.79 Å². The number of hydrogen-bond donors (Lipinski definition) is 3. The van der Waals surface area contributed by atoms with Gasteiger partial charge in [-0.1, -0.05) is 24.0 Å². The number of rotatable bonds is 6. The highest BCUT2D eigenvalue weighted by Crippen LogP contribution is 2.32. The number of carboxylic acids is 1. The van der Waals surface area contributed by atoms with Gasteiger partial charge in [-0.2, -0.15) is 0 Å². The molecule has 1 saturated heterocycles. The molecule has 28 heavy (non-hydrogen) atoms. The Bertz CT molecular complexity index is 984. The van der Waals surface area contributed by atoms with E-state index in [1.165, 1.54) is 23.3 Å². The number of phenols is 1. The molecule has 0 radical (unpaired) electrons. The van der Waals surface area contributed by atoms with Gasteiger partial charge in [0.25, 0.3) is 5.91 Å². The fourth-order valence-electron chi connectivity index (χ4n) is 2.42. The second kappa shape index (κ2) is 8.28. The van der Waals surface area contributed by atoms with Gasteiger partial charge in [0, 0.05) is 24.7 Å². The lowest BCUT2D eigenvalue weighted by Crippen LogP contribution is -2.31. The number of hydrogen-bond acceptors (Lipinski definition) is 7. The maximum Gasteiger partial charge on any atom is 0.339 e. The number of carboxylic acid groups (broad SMARTS) is 1. The summed E-state index contributed by atoms with van der Waals surface area (Å²) >= 11 is 6.33. The van der Waals surface area contributed by atoms with Crippen molar-refractivity contribution < 1.29 is 29.0 Å². The third kappa shape index (κ3) is 4.41. The normalized spacial score (nSPS) is 15.3. The number of carbonyl (C=O) groups is 3. The molecule has 1 fully saturated rings. The third-order valence-electron chi connectivity index (χ3n) is 3.76. The first-order chi connectivity index (χ1) is 13.3. The van der Waals surface area contributed by atoms with E-state index in [9.17, 15) is 19.5 Å². The van der Waals surface area contributed by atoms with Crippen LogP contribution in [0.4, 0.5) is 5.69 Å². The second-order valence-electron chi connectivity index (χ2n) is 5.68. The van der Waals surface area contributed by atoms with Crippen LogP contribution < -0.4 is 5.32 Å². The number of anilines is 1. The molecule has 1 aromatic carbocycles. The van der Waals surface area contributed by atoms with E-state index in [-0.39, 0.29) is 30.1 Å². The van der Waals surface area contributed by atoms with Gasteiger partial charge in [0.2, 0.25) is 5.91 Å². The highest BCUT2D eigenvalue weighted by atomic mass is 32.2. The van der Waals surface area contributed by atoms with Gasteiger partial charge < -0.3 is 19.9 Å². The highest BCUT2D eigenvalue weighted by molar-refractivity contribution is 8.26. The lowest BCUT2D eigenvalue weighted by Gasteiger charge is -2.14. The summed E-state index contributed by atoms with van der Waals surface area (Å²) in [6.07, 6.45) is 3.04. The van der Waals surface area contributed by atoms with Crippen LogP contribution in [0.15, 0.2) is 45.9 Å². The minimum Gasteiger partial charge on any atom is -0.507 e. The maximum atomic E-state index is 12.5. The number of thiocarbonyl (C=S) groups is 1. The summed E-state index contributed by atoms with van der Waals surface area (Å²) in [5.41, 5.74) is -0.0962. The minimum atomic E-state index is -1.31. The lowest BCUT2D eigenvalue weighted by molar-refractivity contribution is -0.122. The number of thioether (sulfide) groups is 1. The Balaban J connectivity index is 1.60. The Morgan fingerprint density at radius 1 is 1.32 bits per heavy atom. The first-order valence-electron chi connectivity index (χ1n) is 8.00. The van der Waals surface area contributed by atoms with Crippen molar-refractivity contribution in [1.82, 2.24) is 4.90 Å². The summed E-state index contributed by atoms with van der Waals surface area (Å²) in [5, 5.41) is 21.0. The molecule has 0 spiro atoms. The molecular formula is C18H14N2O6S2. The van der Waals surface area contributed by atoms with Crippen LogP contribution in [-0.2, 0) is 9.59 Å². The molecule has 144 valence electrons. The molecule has 3 rings (SSSR count). The molecule has 0 saturated carbocycles. The average molecular weight is 418 g/mol. The molecule has 8 nitrogen and oxygen atoms in total. The number of carbonyl (C=O) groups excluding carboxylic acids is 2. The Morgan fingerprint density at radius 2 is 2.11 bits per heavy atom. The van der Waals surface area contributed by atoms with Crippen molar-refractivity contribution in [2.75, 3.05) is 11.9 Å². The quantitative estimate of drug-likeness (QED) is 0.372. The molecule has 10 heteroatoms. The number of benzene rings is 1. The fourth-order valence-corrected chi connectivity index (χ4v) is 3.71. The number of aromatic hydroxyl groups is 1. The van der Waals surface area contributed by atoms with E-state index >= 15 is 0 Å². The zero-order valence-corrected chi connectivity index (χ0v) is 15.9. The SMILES string of the molecule is O=C(CCN1C(=O)/C(=C/c2ccco2)SC1=S)Nc1ccc(O)c(C(=O)O)c1. The van der Waals surface area contributed by atoms with Crippen LogP contribution in [0.25, 0.3) is 6.08 Å².